The molecule has 1 atom stereocenters. The quantitative estimate of drug-likeness (QED) is 0.736. The van der Waals surface area contributed by atoms with Crippen LogP contribution in [0.3, 0.4) is 0 Å². The third kappa shape index (κ3) is 3.74. The molecular formula is C21H22N4. The lowest BCUT2D eigenvalue weighted by molar-refractivity contribution is 0.706. The van der Waals surface area contributed by atoms with E-state index in [1.165, 1.54) is 11.1 Å². The maximum absolute atomic E-state index is 4.03. The van der Waals surface area contributed by atoms with Gasteiger partial charge in [-0.3, -0.25) is 4.98 Å². The topological polar surface area (TPSA) is 49.0 Å². The molecule has 1 aromatic heterocycles. The fraction of sp³-hybridized carbons (Fsp3) is 0.190. The molecule has 0 fully saturated rings. The minimum Gasteiger partial charge on any atom is -0.385 e. The van der Waals surface area contributed by atoms with Gasteiger partial charge in [0.2, 0.25) is 0 Å². The highest BCUT2D eigenvalue weighted by molar-refractivity contribution is 5.62. The summed E-state index contributed by atoms with van der Waals surface area (Å²) in [6, 6.07) is 12.8. The third-order valence-corrected chi connectivity index (χ3v) is 4.57. The lowest BCUT2D eigenvalue weighted by Crippen LogP contribution is -2.21. The zero-order valence-corrected chi connectivity index (χ0v) is 14.1. The first-order valence-corrected chi connectivity index (χ1v) is 8.72. The van der Waals surface area contributed by atoms with E-state index in [-0.39, 0.29) is 0 Å². The van der Waals surface area contributed by atoms with Crippen LogP contribution in [-0.2, 0) is 0 Å². The molecular weight excluding hydrogens is 308 g/mol. The Hall–Kier alpha value is -3.01. The van der Waals surface area contributed by atoms with Gasteiger partial charge in [0.15, 0.2) is 0 Å². The molecule has 0 radical (unpaired) electrons. The summed E-state index contributed by atoms with van der Waals surface area (Å²) in [5.41, 5.74) is 6.11. The first-order valence-electron chi connectivity index (χ1n) is 8.72. The highest BCUT2D eigenvalue weighted by Crippen LogP contribution is 2.28. The van der Waals surface area contributed by atoms with E-state index >= 15 is 0 Å². The van der Waals surface area contributed by atoms with E-state index in [0.29, 0.717) is 6.04 Å². The van der Waals surface area contributed by atoms with E-state index in [1.807, 2.05) is 12.1 Å². The van der Waals surface area contributed by atoms with Crippen LogP contribution in [0.1, 0.15) is 12.8 Å². The Morgan fingerprint density at radius 3 is 2.60 bits per heavy atom. The predicted molar refractivity (Wildman–Crippen MR) is 104 cm³/mol. The van der Waals surface area contributed by atoms with Gasteiger partial charge in [0.05, 0.1) is 6.04 Å². The number of fused-ring (bicyclic) bond motifs is 1. The summed E-state index contributed by atoms with van der Waals surface area (Å²) in [5.74, 6) is 0. The van der Waals surface area contributed by atoms with Crippen molar-refractivity contribution in [2.75, 3.05) is 17.2 Å². The van der Waals surface area contributed by atoms with E-state index in [4.69, 9.17) is 0 Å². The van der Waals surface area contributed by atoms with Crippen molar-refractivity contribution in [2.45, 2.75) is 18.9 Å². The molecule has 4 rings (SSSR count). The molecule has 2 aliphatic rings. The summed E-state index contributed by atoms with van der Waals surface area (Å²) in [6.07, 6.45) is 14.5. The summed E-state index contributed by atoms with van der Waals surface area (Å²) in [6.45, 7) is 0.929. The number of nitrogens with zero attached hydrogens (tertiary/aromatic N) is 1. The number of nitrogens with one attached hydrogen (secondary N) is 3. The fourth-order valence-electron chi connectivity index (χ4n) is 3.23. The van der Waals surface area contributed by atoms with Gasteiger partial charge >= 0.3 is 0 Å². The lowest BCUT2D eigenvalue weighted by atomic mass is 9.94. The molecule has 4 heteroatoms. The van der Waals surface area contributed by atoms with Crippen LogP contribution in [0.5, 0.6) is 0 Å². The van der Waals surface area contributed by atoms with Gasteiger partial charge in [0, 0.05) is 42.2 Å². The monoisotopic (exact) mass is 330 g/mol. The molecule has 0 bridgehead atoms. The Labute approximate surface area is 148 Å². The molecule has 3 N–H and O–H groups in total. The van der Waals surface area contributed by atoms with E-state index in [9.17, 15) is 0 Å². The third-order valence-electron chi connectivity index (χ3n) is 4.57. The molecule has 2 aromatic rings. The Kier molecular flexibility index (Phi) is 4.51. The molecule has 0 amide bonds. The number of anilines is 3. The number of hydrogen-bond acceptors (Lipinski definition) is 4. The number of benzene rings is 1. The maximum Gasteiger partial charge on any atom is 0.0546 e. The summed E-state index contributed by atoms with van der Waals surface area (Å²) in [5, 5.41) is 10.3. The normalized spacial score (nSPS) is 18.0. The smallest absolute Gasteiger partial charge is 0.0546 e. The number of aromatic nitrogens is 1. The van der Waals surface area contributed by atoms with Gasteiger partial charge in [0.1, 0.15) is 0 Å². The molecule has 0 spiro atoms. The van der Waals surface area contributed by atoms with E-state index in [0.717, 1.165) is 36.4 Å². The van der Waals surface area contributed by atoms with Crippen LogP contribution in [0.4, 0.5) is 17.1 Å². The highest BCUT2D eigenvalue weighted by Gasteiger charge is 2.22. The Morgan fingerprint density at radius 1 is 1.00 bits per heavy atom. The van der Waals surface area contributed by atoms with E-state index < -0.39 is 0 Å². The standard InChI is InChI=1S/C21H22N4/c1-2-4-21-20(3-1)16(15-24-21)9-14-23-17-5-7-18(8-6-17)25-19-10-12-22-13-11-19/h1-3,5-8,10-13,15,21,23-24H,4,9,14H2,(H,22,25). The minimum atomic E-state index is 0.485. The molecule has 1 aliphatic carbocycles. The lowest BCUT2D eigenvalue weighted by Gasteiger charge is -2.16. The fourth-order valence-corrected chi connectivity index (χ4v) is 3.23. The molecule has 1 unspecified atom stereocenters. The Balaban J connectivity index is 1.29. The van der Waals surface area contributed by atoms with Crippen molar-refractivity contribution in [3.8, 4) is 0 Å². The van der Waals surface area contributed by atoms with Crippen LogP contribution in [0.2, 0.25) is 0 Å². The molecule has 0 saturated carbocycles. The molecule has 126 valence electrons. The average Bonchev–Trinajstić information content (AvgIpc) is 3.07. The summed E-state index contributed by atoms with van der Waals surface area (Å²) in [7, 11) is 0. The largest absolute Gasteiger partial charge is 0.385 e. The molecule has 25 heavy (non-hydrogen) atoms. The molecule has 0 saturated heterocycles. The van der Waals surface area contributed by atoms with Gasteiger partial charge in [-0.15, -0.1) is 0 Å². The van der Waals surface area contributed by atoms with E-state index in [2.05, 4.69) is 69.6 Å². The van der Waals surface area contributed by atoms with Crippen molar-refractivity contribution in [2.24, 2.45) is 0 Å². The van der Waals surface area contributed by atoms with Crippen molar-refractivity contribution in [3.05, 3.63) is 84.4 Å². The zero-order valence-electron chi connectivity index (χ0n) is 14.1. The first kappa shape index (κ1) is 15.5. The number of rotatable bonds is 6. The van der Waals surface area contributed by atoms with Crippen LogP contribution in [0.15, 0.2) is 84.4 Å². The molecule has 4 nitrogen and oxygen atoms in total. The second-order valence-corrected chi connectivity index (χ2v) is 6.29. The van der Waals surface area contributed by atoms with Crippen LogP contribution in [0.25, 0.3) is 0 Å². The van der Waals surface area contributed by atoms with Crippen LogP contribution in [0, 0.1) is 0 Å². The molecule has 1 aromatic carbocycles. The number of pyridine rings is 1. The van der Waals surface area contributed by atoms with Gasteiger partial charge in [0.25, 0.3) is 0 Å². The van der Waals surface area contributed by atoms with Crippen LogP contribution < -0.4 is 16.0 Å². The van der Waals surface area contributed by atoms with Gasteiger partial charge in [-0.05, 0) is 60.4 Å². The van der Waals surface area contributed by atoms with Gasteiger partial charge in [-0.1, -0.05) is 18.2 Å². The predicted octanol–water partition coefficient (Wildman–Crippen LogP) is 4.37. The van der Waals surface area contributed by atoms with E-state index in [1.54, 1.807) is 12.4 Å². The SMILES string of the molecule is C1=CCC2NC=C(CCNc3ccc(Nc4ccncc4)cc3)C2=C1. The van der Waals surface area contributed by atoms with Crippen LogP contribution in [-0.4, -0.2) is 17.6 Å². The first-order chi connectivity index (χ1) is 12.4. The van der Waals surface area contributed by atoms with Gasteiger partial charge in [-0.2, -0.15) is 0 Å². The van der Waals surface area contributed by atoms with Gasteiger partial charge in [-0.25, -0.2) is 0 Å². The zero-order chi connectivity index (χ0) is 16.9. The second kappa shape index (κ2) is 7.26. The minimum absolute atomic E-state index is 0.485. The number of hydrogen-bond donors (Lipinski definition) is 3. The van der Waals surface area contributed by atoms with Crippen molar-refractivity contribution in [1.82, 2.24) is 10.3 Å². The van der Waals surface area contributed by atoms with Crippen molar-refractivity contribution < 1.29 is 0 Å². The molecule has 2 heterocycles. The van der Waals surface area contributed by atoms with Gasteiger partial charge < -0.3 is 16.0 Å². The summed E-state index contributed by atoms with van der Waals surface area (Å²) < 4.78 is 0. The van der Waals surface area contributed by atoms with Crippen molar-refractivity contribution >= 4 is 17.1 Å². The Morgan fingerprint density at radius 2 is 1.76 bits per heavy atom. The average molecular weight is 330 g/mol. The summed E-state index contributed by atoms with van der Waals surface area (Å²) >= 11 is 0. The number of allylic oxidation sites excluding steroid dienone is 2. The Bertz CT molecular complexity index is 804. The maximum atomic E-state index is 4.03. The highest BCUT2D eigenvalue weighted by atomic mass is 14.9. The summed E-state index contributed by atoms with van der Waals surface area (Å²) in [4.78, 5) is 4.03. The second-order valence-electron chi connectivity index (χ2n) is 6.29. The van der Waals surface area contributed by atoms with Crippen molar-refractivity contribution in [3.63, 3.8) is 0 Å². The molecule has 1 aliphatic heterocycles. The van der Waals surface area contributed by atoms with Crippen LogP contribution >= 0.6 is 0 Å². The van der Waals surface area contributed by atoms with Crippen molar-refractivity contribution in [1.29, 1.82) is 0 Å².